The summed E-state index contributed by atoms with van der Waals surface area (Å²) < 4.78 is 11.8. The van der Waals surface area contributed by atoms with E-state index in [-0.39, 0.29) is 57.4 Å². The molecule has 0 aliphatic heterocycles. The fourth-order valence-corrected chi connectivity index (χ4v) is 16.6. The predicted octanol–water partition coefficient (Wildman–Crippen LogP) is 11.4. The maximum atomic E-state index is 13.6. The number of carbonyl (C=O) groups excluding carboxylic acids is 2. The summed E-state index contributed by atoms with van der Waals surface area (Å²) >= 11 is 0. The molecule has 0 saturated heterocycles. The van der Waals surface area contributed by atoms with Crippen LogP contribution >= 0.6 is 0 Å². The molecule has 5 saturated carbocycles. The molecule has 7 aliphatic rings. The summed E-state index contributed by atoms with van der Waals surface area (Å²) in [5, 5.41) is 25.5. The van der Waals surface area contributed by atoms with Crippen LogP contribution in [-0.2, 0) is 14.3 Å². The van der Waals surface area contributed by atoms with Gasteiger partial charge in [-0.15, -0.1) is 0 Å². The van der Waals surface area contributed by atoms with Crippen molar-refractivity contribution < 1.29 is 24.2 Å². The summed E-state index contributed by atoms with van der Waals surface area (Å²) in [6.07, 6.45) is 23.4. The van der Waals surface area contributed by atoms with Crippen LogP contribution in [0.5, 0.6) is 5.88 Å². The van der Waals surface area contributed by atoms with Crippen LogP contribution in [0.3, 0.4) is 0 Å². The lowest BCUT2D eigenvalue weighted by atomic mass is 9.33. The lowest BCUT2D eigenvalue weighted by Crippen LogP contribution is -2.68. The zero-order valence-corrected chi connectivity index (χ0v) is 40.2. The van der Waals surface area contributed by atoms with E-state index in [0.29, 0.717) is 54.6 Å². The van der Waals surface area contributed by atoms with Gasteiger partial charge in [0, 0.05) is 17.7 Å². The third-order valence-electron chi connectivity index (χ3n) is 20.2. The van der Waals surface area contributed by atoms with E-state index in [4.69, 9.17) is 9.47 Å². The Morgan fingerprint density at radius 2 is 1.68 bits per heavy atom. The average Bonchev–Trinajstić information content (AvgIpc) is 3.63. The predicted molar refractivity (Wildman–Crippen MR) is 248 cm³/mol. The maximum absolute atomic E-state index is 13.6. The van der Waals surface area contributed by atoms with Gasteiger partial charge in [-0.05, 0) is 211 Å². The minimum absolute atomic E-state index is 0.00841. The van der Waals surface area contributed by atoms with Crippen LogP contribution in [0.1, 0.15) is 170 Å². The van der Waals surface area contributed by atoms with Gasteiger partial charge in [0.15, 0.2) is 0 Å². The van der Waals surface area contributed by atoms with Crippen LogP contribution < -0.4 is 10.1 Å². The highest BCUT2D eigenvalue weighted by molar-refractivity contribution is 5.78. The van der Waals surface area contributed by atoms with Gasteiger partial charge in [-0.25, -0.2) is 4.98 Å². The molecule has 1 heterocycles. The fraction of sp³-hybridized carbons (Fsp3) is 0.745. The number of allylic oxidation sites excluding steroid dienone is 5. The molecule has 8 rings (SSSR count). The number of fused-ring (bicyclic) bond motifs is 7. The summed E-state index contributed by atoms with van der Waals surface area (Å²) in [6, 6.07) is 5.58. The number of hydrogen-bond acceptors (Lipinski definition) is 8. The molecule has 8 heteroatoms. The van der Waals surface area contributed by atoms with Gasteiger partial charge in [0.2, 0.25) is 5.88 Å². The molecule has 0 aromatic carbocycles. The number of Topliss-reactive ketones (excluding diaryl/α,β-unsaturated/α-hetero) is 1. The van der Waals surface area contributed by atoms with Gasteiger partial charge >= 0.3 is 5.97 Å². The van der Waals surface area contributed by atoms with Crippen LogP contribution in [0.15, 0.2) is 53.8 Å². The Hall–Kier alpha value is -3.28. The molecular weight excluding hydrogens is 783 g/mol. The Morgan fingerprint density at radius 1 is 0.921 bits per heavy atom. The number of aliphatic hydroxyl groups is 1. The summed E-state index contributed by atoms with van der Waals surface area (Å²) in [5.74, 6) is 3.37. The van der Waals surface area contributed by atoms with E-state index in [0.717, 1.165) is 51.5 Å². The fourth-order valence-electron chi connectivity index (χ4n) is 16.6. The number of rotatable bonds is 12. The highest BCUT2D eigenvalue weighted by Gasteiger charge is 2.70. The van der Waals surface area contributed by atoms with Crippen LogP contribution in [0.2, 0.25) is 0 Å². The number of nitrogens with zero attached hydrogens (tertiary/aromatic N) is 2. The van der Waals surface area contributed by atoms with E-state index in [1.54, 1.807) is 25.3 Å². The Bertz CT molecular complexity index is 2060. The molecule has 63 heavy (non-hydrogen) atoms. The summed E-state index contributed by atoms with van der Waals surface area (Å²) in [6.45, 7) is 24.9. The number of nitrogens with one attached hydrogen (secondary N) is 1. The van der Waals surface area contributed by atoms with Crippen molar-refractivity contribution in [3.05, 3.63) is 59.3 Å². The van der Waals surface area contributed by atoms with Crippen LogP contribution in [0.4, 0.5) is 0 Å². The number of carbonyl (C=O) groups is 2. The summed E-state index contributed by atoms with van der Waals surface area (Å²) in [7, 11) is 0. The van der Waals surface area contributed by atoms with Crippen LogP contribution in [0, 0.1) is 73.9 Å². The minimum Gasteiger partial charge on any atom is -0.475 e. The molecule has 0 spiro atoms. The van der Waals surface area contributed by atoms with E-state index in [2.05, 4.69) is 76.6 Å². The number of ether oxygens (including phenoxy) is 2. The molecule has 5 fully saturated rings. The molecule has 0 bridgehead atoms. The normalized spacial score (nSPS) is 41.6. The second-order valence-electron chi connectivity index (χ2n) is 23.4. The smallest absolute Gasteiger partial charge is 0.315 e. The topological polar surface area (TPSA) is 122 Å². The monoisotopic (exact) mass is 862 g/mol. The standard InChI is InChI=1S/C55H79N3O5/c1-10-62-48(60)53(35-63-47-40(34-56)12-11-32-57-47)24-15-39(16-25-53)42-20-22-50(7)44(49(42,5)6)21-23-52(9)45(50)14-13-43-46-41(36(2)3)19-28-55(46,30-29-51(43,52)8)58-33-31-54(61)26-17-38(18-27-54)37(4)59/h11-12,15,20,32,38,41,43-46,58,61H,2,10,13-14,16-19,21-31,33,35H2,1,3-9H3/t38-,41-,43+,44-,45+,46+,50-,51+,52+,53-,54-,55-/m0/s1. The molecule has 10 atom stereocenters. The molecule has 0 radical (unpaired) electrons. The van der Waals surface area contributed by atoms with Gasteiger partial charge in [-0.2, -0.15) is 5.26 Å². The van der Waals surface area contributed by atoms with Gasteiger partial charge in [0.05, 0.1) is 12.2 Å². The number of aromatic nitrogens is 1. The molecule has 1 aromatic rings. The van der Waals surface area contributed by atoms with E-state index < -0.39 is 11.0 Å². The van der Waals surface area contributed by atoms with E-state index in [9.17, 15) is 20.0 Å². The first kappa shape index (κ1) is 46.3. The van der Waals surface area contributed by atoms with Crippen molar-refractivity contribution in [1.82, 2.24) is 10.3 Å². The SMILES string of the molecule is C=C(C)[C@@H]1CC[C@]2(NCC[C@]3(O)CC[C@H](C(C)=O)CC3)CC[C@]3(C)[C@H](CC[C@@H]4[C@@]5(C)CC=C(C6=CC[C@](COc7ncccc7C#N)(C(=O)OCC)CC6)C(C)(C)[C@@H]5CC[C@]43C)[C@@H]12. The van der Waals surface area contributed by atoms with Crippen molar-refractivity contribution in [3.63, 3.8) is 0 Å². The lowest BCUT2D eigenvalue weighted by Gasteiger charge is -2.72. The van der Waals surface area contributed by atoms with Crippen molar-refractivity contribution in [1.29, 1.82) is 5.26 Å². The highest BCUT2D eigenvalue weighted by atomic mass is 16.5. The first-order chi connectivity index (χ1) is 29.8. The summed E-state index contributed by atoms with van der Waals surface area (Å²) in [5.41, 5.74) is 3.84. The van der Waals surface area contributed by atoms with Gasteiger partial charge in [0.1, 0.15) is 29.4 Å². The Morgan fingerprint density at radius 3 is 2.35 bits per heavy atom. The van der Waals surface area contributed by atoms with E-state index in [1.807, 2.05) is 6.92 Å². The number of ketones is 1. The largest absolute Gasteiger partial charge is 0.475 e. The first-order valence-electron chi connectivity index (χ1n) is 25.0. The molecule has 2 N–H and O–H groups in total. The quantitative estimate of drug-likeness (QED) is 0.157. The Balaban J connectivity index is 1.01. The Kier molecular flexibility index (Phi) is 12.4. The van der Waals surface area contributed by atoms with Crippen LogP contribution in [-0.4, -0.2) is 52.7 Å². The van der Waals surface area contributed by atoms with Gasteiger partial charge in [-0.1, -0.05) is 58.9 Å². The van der Waals surface area contributed by atoms with Crippen LogP contribution in [0.25, 0.3) is 0 Å². The molecule has 8 nitrogen and oxygen atoms in total. The van der Waals surface area contributed by atoms with Crippen molar-refractivity contribution in [3.8, 4) is 11.9 Å². The zero-order valence-electron chi connectivity index (χ0n) is 40.2. The van der Waals surface area contributed by atoms with Crippen molar-refractivity contribution in [2.24, 2.45) is 62.6 Å². The van der Waals surface area contributed by atoms with Crippen molar-refractivity contribution in [2.45, 2.75) is 176 Å². The summed E-state index contributed by atoms with van der Waals surface area (Å²) in [4.78, 5) is 30.0. The second-order valence-corrected chi connectivity index (χ2v) is 23.4. The molecule has 0 unspecified atom stereocenters. The Labute approximate surface area is 379 Å². The minimum atomic E-state index is -0.828. The van der Waals surface area contributed by atoms with Gasteiger partial charge < -0.3 is 19.9 Å². The average molecular weight is 862 g/mol. The number of hydrogen-bond donors (Lipinski definition) is 2. The zero-order chi connectivity index (χ0) is 45.2. The maximum Gasteiger partial charge on any atom is 0.315 e. The highest BCUT2D eigenvalue weighted by Crippen LogP contribution is 2.76. The lowest BCUT2D eigenvalue weighted by molar-refractivity contribution is -0.221. The van der Waals surface area contributed by atoms with Crippen molar-refractivity contribution >= 4 is 11.8 Å². The van der Waals surface area contributed by atoms with Crippen molar-refractivity contribution in [2.75, 3.05) is 19.8 Å². The first-order valence-corrected chi connectivity index (χ1v) is 25.0. The second kappa shape index (κ2) is 16.9. The molecule has 7 aliphatic carbocycles. The van der Waals surface area contributed by atoms with E-state index >= 15 is 0 Å². The number of pyridine rings is 1. The molecule has 1 aromatic heterocycles. The molecular formula is C55H79N3O5. The third kappa shape index (κ3) is 7.59. The van der Waals surface area contributed by atoms with Gasteiger partial charge in [0.25, 0.3) is 0 Å². The molecule has 344 valence electrons. The molecule has 0 amide bonds. The van der Waals surface area contributed by atoms with E-state index in [1.165, 1.54) is 68.1 Å². The van der Waals surface area contributed by atoms with Gasteiger partial charge in [-0.3, -0.25) is 9.59 Å². The number of nitriles is 1. The third-order valence-corrected chi connectivity index (χ3v) is 20.2. The number of esters is 1.